The highest BCUT2D eigenvalue weighted by Gasteiger charge is 2.16. The molecule has 0 fully saturated rings. The van der Waals surface area contributed by atoms with Gasteiger partial charge in [0.05, 0.1) is 22.3 Å². The van der Waals surface area contributed by atoms with Gasteiger partial charge in [-0.1, -0.05) is 11.6 Å². The molecule has 0 aromatic heterocycles. The molecular weight excluding hydrogens is 210 g/mol. The van der Waals surface area contributed by atoms with Gasteiger partial charge in [0, 0.05) is 12.1 Å². The van der Waals surface area contributed by atoms with Crippen LogP contribution in [0.2, 0.25) is 5.02 Å². The third kappa shape index (κ3) is 3.12. The van der Waals surface area contributed by atoms with E-state index in [9.17, 15) is 0 Å². The van der Waals surface area contributed by atoms with Gasteiger partial charge in [0.1, 0.15) is 0 Å². The minimum Gasteiger partial charge on any atom is -0.378 e. The summed E-state index contributed by atoms with van der Waals surface area (Å²) in [7, 11) is 0. The Labute approximate surface area is 94.8 Å². The van der Waals surface area contributed by atoms with Crippen LogP contribution in [-0.2, 0) is 0 Å². The molecule has 0 saturated carbocycles. The third-order valence-corrected chi connectivity index (χ3v) is 2.39. The van der Waals surface area contributed by atoms with E-state index in [4.69, 9.17) is 22.6 Å². The maximum atomic E-state index is 8.68. The summed E-state index contributed by atoms with van der Waals surface area (Å²) in [6, 6.07) is 7.18. The van der Waals surface area contributed by atoms with Crippen molar-refractivity contribution in [3.63, 3.8) is 0 Å². The van der Waals surface area contributed by atoms with Crippen LogP contribution in [0.1, 0.15) is 19.4 Å². The molecule has 1 aromatic rings. The van der Waals surface area contributed by atoms with Crippen LogP contribution in [0.5, 0.6) is 0 Å². The number of nitrogens with one attached hydrogen (secondary N) is 1. The number of anilines is 1. The highest BCUT2D eigenvalue weighted by Crippen LogP contribution is 2.25. The van der Waals surface area contributed by atoms with E-state index in [0.717, 1.165) is 5.69 Å². The summed E-state index contributed by atoms with van der Waals surface area (Å²) in [4.78, 5) is 0. The average Bonchev–Trinajstić information content (AvgIpc) is 2.21. The summed E-state index contributed by atoms with van der Waals surface area (Å²) in [6.45, 7) is 4.48. The second-order valence-corrected chi connectivity index (χ2v) is 4.43. The minimum atomic E-state index is -0.211. The number of nitrogens with zero attached hydrogens (tertiary/aromatic N) is 1. The number of nitrogens with two attached hydrogens (primary N) is 1. The Kier molecular flexibility index (Phi) is 3.57. The van der Waals surface area contributed by atoms with Crippen molar-refractivity contribution < 1.29 is 0 Å². The molecule has 1 rings (SSSR count). The van der Waals surface area contributed by atoms with Crippen molar-refractivity contribution >= 4 is 17.3 Å². The molecule has 0 aliphatic rings. The number of nitriles is 1. The monoisotopic (exact) mass is 223 g/mol. The van der Waals surface area contributed by atoms with Crippen LogP contribution in [0.15, 0.2) is 18.2 Å². The summed E-state index contributed by atoms with van der Waals surface area (Å²) < 4.78 is 0. The Balaban J connectivity index is 2.93. The molecule has 4 heteroatoms. The van der Waals surface area contributed by atoms with E-state index in [-0.39, 0.29) is 5.54 Å². The lowest BCUT2D eigenvalue weighted by Crippen LogP contribution is -2.39. The SMILES string of the molecule is CC(C)(CN)Nc1ccc(C#N)cc1Cl. The van der Waals surface area contributed by atoms with Gasteiger partial charge in [0.2, 0.25) is 0 Å². The van der Waals surface area contributed by atoms with E-state index in [1.165, 1.54) is 0 Å². The van der Waals surface area contributed by atoms with E-state index in [2.05, 4.69) is 5.32 Å². The number of hydrogen-bond donors (Lipinski definition) is 2. The molecular formula is C11H14ClN3. The highest BCUT2D eigenvalue weighted by molar-refractivity contribution is 6.33. The van der Waals surface area contributed by atoms with E-state index in [1.807, 2.05) is 19.9 Å². The quantitative estimate of drug-likeness (QED) is 0.827. The van der Waals surface area contributed by atoms with Crippen LogP contribution in [0.3, 0.4) is 0 Å². The number of rotatable bonds is 3. The van der Waals surface area contributed by atoms with Gasteiger partial charge in [0.15, 0.2) is 0 Å². The second kappa shape index (κ2) is 4.52. The average molecular weight is 224 g/mol. The van der Waals surface area contributed by atoms with E-state index in [0.29, 0.717) is 17.1 Å². The van der Waals surface area contributed by atoms with E-state index < -0.39 is 0 Å². The molecule has 0 saturated heterocycles. The van der Waals surface area contributed by atoms with Gasteiger partial charge in [-0.15, -0.1) is 0 Å². The summed E-state index contributed by atoms with van der Waals surface area (Å²) in [5.74, 6) is 0. The number of benzene rings is 1. The maximum absolute atomic E-state index is 8.68. The topological polar surface area (TPSA) is 61.8 Å². The molecule has 0 bridgehead atoms. The molecule has 0 aliphatic carbocycles. The fourth-order valence-electron chi connectivity index (χ4n) is 1.10. The Morgan fingerprint density at radius 2 is 2.20 bits per heavy atom. The van der Waals surface area contributed by atoms with Crippen LogP contribution < -0.4 is 11.1 Å². The molecule has 0 radical (unpaired) electrons. The fraction of sp³-hybridized carbons (Fsp3) is 0.364. The van der Waals surface area contributed by atoms with Gasteiger partial charge in [0.25, 0.3) is 0 Å². The van der Waals surface area contributed by atoms with Crippen molar-refractivity contribution in [1.29, 1.82) is 5.26 Å². The second-order valence-electron chi connectivity index (χ2n) is 4.02. The van der Waals surface area contributed by atoms with Gasteiger partial charge < -0.3 is 11.1 Å². The predicted molar refractivity (Wildman–Crippen MR) is 62.9 cm³/mol. The highest BCUT2D eigenvalue weighted by atomic mass is 35.5. The Morgan fingerprint density at radius 1 is 1.53 bits per heavy atom. The first-order chi connectivity index (χ1) is 6.98. The van der Waals surface area contributed by atoms with Crippen molar-refractivity contribution in [3.05, 3.63) is 28.8 Å². The lowest BCUT2D eigenvalue weighted by molar-refractivity contribution is 0.580. The molecule has 3 nitrogen and oxygen atoms in total. The lowest BCUT2D eigenvalue weighted by atomic mass is 10.1. The van der Waals surface area contributed by atoms with Gasteiger partial charge in [-0.05, 0) is 32.0 Å². The van der Waals surface area contributed by atoms with Crippen molar-refractivity contribution in [1.82, 2.24) is 0 Å². The molecule has 3 N–H and O–H groups in total. The molecule has 15 heavy (non-hydrogen) atoms. The molecule has 1 aromatic carbocycles. The zero-order valence-corrected chi connectivity index (χ0v) is 9.60. The predicted octanol–water partition coefficient (Wildman–Crippen LogP) is 2.36. The summed E-state index contributed by atoms with van der Waals surface area (Å²) in [5, 5.41) is 12.4. The zero-order valence-electron chi connectivity index (χ0n) is 8.84. The van der Waals surface area contributed by atoms with Crippen molar-refractivity contribution in [2.24, 2.45) is 5.73 Å². The molecule has 0 amide bonds. The summed E-state index contributed by atoms with van der Waals surface area (Å²) in [5.41, 5.74) is 6.74. The van der Waals surface area contributed by atoms with Crippen LogP contribution in [0, 0.1) is 11.3 Å². The molecule has 0 unspecified atom stereocenters. The first kappa shape index (κ1) is 11.8. The van der Waals surface area contributed by atoms with E-state index in [1.54, 1.807) is 18.2 Å². The smallest absolute Gasteiger partial charge is 0.0992 e. The molecule has 0 heterocycles. The van der Waals surface area contributed by atoms with Crippen LogP contribution >= 0.6 is 11.6 Å². The summed E-state index contributed by atoms with van der Waals surface area (Å²) >= 11 is 6.02. The van der Waals surface area contributed by atoms with Gasteiger partial charge in [-0.3, -0.25) is 0 Å². The Morgan fingerprint density at radius 3 is 2.67 bits per heavy atom. The summed E-state index contributed by atoms with van der Waals surface area (Å²) in [6.07, 6.45) is 0. The molecule has 0 aliphatic heterocycles. The van der Waals surface area contributed by atoms with Crippen LogP contribution in [-0.4, -0.2) is 12.1 Å². The van der Waals surface area contributed by atoms with Crippen molar-refractivity contribution in [2.75, 3.05) is 11.9 Å². The maximum Gasteiger partial charge on any atom is 0.0992 e. The van der Waals surface area contributed by atoms with Crippen LogP contribution in [0.4, 0.5) is 5.69 Å². The first-order valence-electron chi connectivity index (χ1n) is 4.66. The first-order valence-corrected chi connectivity index (χ1v) is 5.04. The standard InChI is InChI=1S/C11H14ClN3/c1-11(2,7-14)15-10-4-3-8(6-13)5-9(10)12/h3-5,15H,7,14H2,1-2H3. The molecule has 0 spiro atoms. The normalized spacial score (nSPS) is 10.9. The van der Waals surface area contributed by atoms with Crippen LogP contribution in [0.25, 0.3) is 0 Å². The van der Waals surface area contributed by atoms with Crippen molar-refractivity contribution in [2.45, 2.75) is 19.4 Å². The van der Waals surface area contributed by atoms with Gasteiger partial charge in [-0.25, -0.2) is 0 Å². The van der Waals surface area contributed by atoms with Gasteiger partial charge >= 0.3 is 0 Å². The number of halogens is 1. The molecule has 80 valence electrons. The van der Waals surface area contributed by atoms with Crippen molar-refractivity contribution in [3.8, 4) is 6.07 Å². The van der Waals surface area contributed by atoms with E-state index >= 15 is 0 Å². The Hall–Kier alpha value is -1.24. The fourth-order valence-corrected chi connectivity index (χ4v) is 1.33. The van der Waals surface area contributed by atoms with Gasteiger partial charge in [-0.2, -0.15) is 5.26 Å². The Bertz CT molecular complexity index is 393. The largest absolute Gasteiger partial charge is 0.378 e. The molecule has 0 atom stereocenters. The lowest BCUT2D eigenvalue weighted by Gasteiger charge is -2.26. The zero-order chi connectivity index (χ0) is 11.5. The minimum absolute atomic E-state index is 0.211. The third-order valence-electron chi connectivity index (χ3n) is 2.08. The number of hydrogen-bond acceptors (Lipinski definition) is 3.